The Morgan fingerprint density at radius 1 is 0.944 bits per heavy atom. The number of halogens is 1. The highest BCUT2D eigenvalue weighted by atomic mass is 35.5. The number of aromatic nitrogens is 1. The maximum Gasteiger partial charge on any atom is 0.190 e. The predicted octanol–water partition coefficient (Wildman–Crippen LogP) is 3.85. The zero-order valence-corrected chi connectivity index (χ0v) is 10.2. The second-order valence-corrected chi connectivity index (χ2v) is 4.48. The molecule has 0 aliphatic heterocycles. The summed E-state index contributed by atoms with van der Waals surface area (Å²) in [6, 6.07) is 16.5. The van der Waals surface area contributed by atoms with Crippen LogP contribution in [0.1, 0.15) is 0 Å². The van der Waals surface area contributed by atoms with Gasteiger partial charge in [0.05, 0.1) is 5.69 Å². The maximum atomic E-state index is 12.0. The first-order valence-electron chi connectivity index (χ1n) is 5.63. The third kappa shape index (κ3) is 1.81. The van der Waals surface area contributed by atoms with Gasteiger partial charge in [0, 0.05) is 27.6 Å². The summed E-state index contributed by atoms with van der Waals surface area (Å²) in [5, 5.41) is 1.32. The molecule has 0 saturated heterocycles. The molecule has 1 aromatic heterocycles. The first-order valence-corrected chi connectivity index (χ1v) is 6.00. The van der Waals surface area contributed by atoms with E-state index >= 15 is 0 Å². The van der Waals surface area contributed by atoms with Crippen molar-refractivity contribution in [3.63, 3.8) is 0 Å². The number of rotatable bonds is 1. The molecule has 2 nitrogen and oxygen atoms in total. The van der Waals surface area contributed by atoms with Crippen LogP contribution < -0.4 is 5.43 Å². The van der Waals surface area contributed by atoms with E-state index in [4.69, 9.17) is 11.6 Å². The maximum absolute atomic E-state index is 12.0. The molecule has 0 fully saturated rings. The van der Waals surface area contributed by atoms with E-state index in [-0.39, 0.29) is 5.43 Å². The molecular weight excluding hydrogens is 246 g/mol. The van der Waals surface area contributed by atoms with Crippen molar-refractivity contribution in [3.05, 3.63) is 69.8 Å². The molecule has 0 atom stereocenters. The zero-order chi connectivity index (χ0) is 12.5. The molecular formula is C15H10ClNO. The molecule has 0 saturated carbocycles. The molecule has 1 heterocycles. The molecule has 0 radical (unpaired) electrons. The van der Waals surface area contributed by atoms with Crippen LogP contribution in [-0.4, -0.2) is 4.98 Å². The SMILES string of the molecule is O=c1cc(-c2ccccc2Cl)[nH]c2ccccc12. The lowest BCUT2D eigenvalue weighted by Gasteiger charge is -2.06. The predicted molar refractivity (Wildman–Crippen MR) is 75.0 cm³/mol. The van der Waals surface area contributed by atoms with Crippen LogP contribution in [0, 0.1) is 0 Å². The van der Waals surface area contributed by atoms with Crippen molar-refractivity contribution in [3.8, 4) is 11.3 Å². The van der Waals surface area contributed by atoms with Crippen molar-refractivity contribution >= 4 is 22.5 Å². The van der Waals surface area contributed by atoms with Gasteiger partial charge in [-0.15, -0.1) is 0 Å². The van der Waals surface area contributed by atoms with Gasteiger partial charge in [0.15, 0.2) is 5.43 Å². The van der Waals surface area contributed by atoms with E-state index in [1.54, 1.807) is 6.07 Å². The van der Waals surface area contributed by atoms with Crippen molar-refractivity contribution in [2.24, 2.45) is 0 Å². The Morgan fingerprint density at radius 2 is 1.67 bits per heavy atom. The van der Waals surface area contributed by atoms with Gasteiger partial charge in [-0.25, -0.2) is 0 Å². The first kappa shape index (κ1) is 11.1. The zero-order valence-electron chi connectivity index (χ0n) is 9.48. The topological polar surface area (TPSA) is 32.9 Å². The molecule has 1 N–H and O–H groups in total. The molecule has 18 heavy (non-hydrogen) atoms. The fraction of sp³-hybridized carbons (Fsp3) is 0. The van der Waals surface area contributed by atoms with E-state index in [9.17, 15) is 4.79 Å². The third-order valence-electron chi connectivity index (χ3n) is 2.90. The second kappa shape index (κ2) is 4.31. The van der Waals surface area contributed by atoms with Gasteiger partial charge in [-0.3, -0.25) is 4.79 Å². The number of hydrogen-bond donors (Lipinski definition) is 1. The van der Waals surface area contributed by atoms with Crippen molar-refractivity contribution in [2.75, 3.05) is 0 Å². The van der Waals surface area contributed by atoms with Crippen LogP contribution in [0.3, 0.4) is 0 Å². The van der Waals surface area contributed by atoms with Gasteiger partial charge >= 0.3 is 0 Å². The molecule has 3 heteroatoms. The number of hydrogen-bond acceptors (Lipinski definition) is 1. The molecule has 0 aliphatic carbocycles. The molecule has 0 spiro atoms. The number of H-pyrrole nitrogens is 1. The van der Waals surface area contributed by atoms with Gasteiger partial charge in [0.25, 0.3) is 0 Å². The molecule has 3 rings (SSSR count). The van der Waals surface area contributed by atoms with E-state index in [0.717, 1.165) is 16.8 Å². The van der Waals surface area contributed by atoms with Crippen LogP contribution in [0.5, 0.6) is 0 Å². The number of fused-ring (bicyclic) bond motifs is 1. The Balaban J connectivity index is 2.32. The Hall–Kier alpha value is -2.06. The molecule has 2 aromatic carbocycles. The van der Waals surface area contributed by atoms with Gasteiger partial charge < -0.3 is 4.98 Å². The van der Waals surface area contributed by atoms with Gasteiger partial charge in [-0.1, -0.05) is 41.9 Å². The molecule has 0 bridgehead atoms. The van der Waals surface area contributed by atoms with Crippen LogP contribution in [-0.2, 0) is 0 Å². The van der Waals surface area contributed by atoms with Crippen LogP contribution in [0.4, 0.5) is 0 Å². The quantitative estimate of drug-likeness (QED) is 0.704. The van der Waals surface area contributed by atoms with Crippen LogP contribution in [0.15, 0.2) is 59.4 Å². The number of aromatic amines is 1. The Bertz CT molecular complexity index is 777. The van der Waals surface area contributed by atoms with E-state index in [2.05, 4.69) is 4.98 Å². The lowest BCUT2D eigenvalue weighted by molar-refractivity contribution is 1.38. The highest BCUT2D eigenvalue weighted by Crippen LogP contribution is 2.26. The lowest BCUT2D eigenvalue weighted by Crippen LogP contribution is -2.02. The minimum absolute atomic E-state index is 0.000676. The van der Waals surface area contributed by atoms with Crippen molar-refractivity contribution in [1.82, 2.24) is 4.98 Å². The molecule has 0 unspecified atom stereocenters. The van der Waals surface area contributed by atoms with E-state index < -0.39 is 0 Å². The van der Waals surface area contributed by atoms with Crippen molar-refractivity contribution in [1.29, 1.82) is 0 Å². The first-order chi connectivity index (χ1) is 8.75. The monoisotopic (exact) mass is 255 g/mol. The highest BCUT2D eigenvalue weighted by molar-refractivity contribution is 6.33. The van der Waals surface area contributed by atoms with E-state index in [0.29, 0.717) is 10.4 Å². The number of pyridine rings is 1. The summed E-state index contributed by atoms with van der Waals surface area (Å²) in [5.41, 5.74) is 2.39. The average Bonchev–Trinajstić information content (AvgIpc) is 2.39. The minimum atomic E-state index is -0.000676. The smallest absolute Gasteiger partial charge is 0.190 e. The standard InChI is InChI=1S/C15H10ClNO/c16-12-7-3-1-5-10(12)14-9-15(18)11-6-2-4-8-13(11)17-14/h1-9H,(H,17,18). The molecule has 0 aliphatic rings. The number of nitrogens with one attached hydrogen (secondary N) is 1. The van der Waals surface area contributed by atoms with Gasteiger partial charge in [-0.2, -0.15) is 0 Å². The van der Waals surface area contributed by atoms with Gasteiger partial charge in [-0.05, 0) is 18.2 Å². The Kier molecular flexibility index (Phi) is 2.65. The molecule has 88 valence electrons. The summed E-state index contributed by atoms with van der Waals surface area (Å²) >= 11 is 6.14. The second-order valence-electron chi connectivity index (χ2n) is 4.07. The number of para-hydroxylation sites is 1. The summed E-state index contributed by atoms with van der Waals surface area (Å²) in [4.78, 5) is 15.3. The summed E-state index contributed by atoms with van der Waals surface area (Å²) in [7, 11) is 0. The lowest BCUT2D eigenvalue weighted by atomic mass is 10.1. The minimum Gasteiger partial charge on any atom is -0.354 e. The summed E-state index contributed by atoms with van der Waals surface area (Å²) in [6.07, 6.45) is 0. The van der Waals surface area contributed by atoms with Crippen LogP contribution >= 0.6 is 11.6 Å². The summed E-state index contributed by atoms with van der Waals surface area (Å²) < 4.78 is 0. The van der Waals surface area contributed by atoms with E-state index in [1.165, 1.54) is 0 Å². The highest BCUT2D eigenvalue weighted by Gasteiger charge is 2.06. The van der Waals surface area contributed by atoms with E-state index in [1.807, 2.05) is 48.5 Å². The third-order valence-corrected chi connectivity index (χ3v) is 3.23. The van der Waals surface area contributed by atoms with Gasteiger partial charge in [0.2, 0.25) is 0 Å². The van der Waals surface area contributed by atoms with Crippen LogP contribution in [0.2, 0.25) is 5.02 Å². The fourth-order valence-electron chi connectivity index (χ4n) is 2.02. The Labute approximate surface area is 109 Å². The molecule has 3 aromatic rings. The largest absolute Gasteiger partial charge is 0.354 e. The van der Waals surface area contributed by atoms with Crippen molar-refractivity contribution < 1.29 is 0 Å². The fourth-order valence-corrected chi connectivity index (χ4v) is 2.26. The van der Waals surface area contributed by atoms with Gasteiger partial charge in [0.1, 0.15) is 0 Å². The number of benzene rings is 2. The summed E-state index contributed by atoms with van der Waals surface area (Å²) in [5.74, 6) is 0. The summed E-state index contributed by atoms with van der Waals surface area (Å²) in [6.45, 7) is 0. The van der Waals surface area contributed by atoms with Crippen molar-refractivity contribution in [2.45, 2.75) is 0 Å². The molecule has 0 amide bonds. The average molecular weight is 256 g/mol. The normalized spacial score (nSPS) is 10.7. The Morgan fingerprint density at radius 3 is 2.50 bits per heavy atom. The van der Waals surface area contributed by atoms with Crippen LogP contribution in [0.25, 0.3) is 22.2 Å².